The van der Waals surface area contributed by atoms with E-state index in [0.717, 1.165) is 38.1 Å². The average Bonchev–Trinajstić information content (AvgIpc) is 2.55. The van der Waals surface area contributed by atoms with Gasteiger partial charge in [-0.1, -0.05) is 32.9 Å². The van der Waals surface area contributed by atoms with Crippen molar-refractivity contribution in [2.24, 2.45) is 5.73 Å². The zero-order chi connectivity index (χ0) is 17.0. The van der Waals surface area contributed by atoms with Gasteiger partial charge in [-0.05, 0) is 49.3 Å². The number of carbonyl (C=O) groups is 1. The molecule has 1 aromatic carbocycles. The van der Waals surface area contributed by atoms with Gasteiger partial charge in [-0.15, -0.1) is 0 Å². The molecule has 0 spiro atoms. The number of amides is 1. The Kier molecular flexibility index (Phi) is 5.69. The van der Waals surface area contributed by atoms with E-state index in [1.54, 1.807) is 0 Å². The Morgan fingerprint density at radius 2 is 1.87 bits per heavy atom. The molecule has 0 bridgehead atoms. The zero-order valence-electron chi connectivity index (χ0n) is 14.8. The van der Waals surface area contributed by atoms with Gasteiger partial charge >= 0.3 is 0 Å². The lowest BCUT2D eigenvalue weighted by Crippen LogP contribution is -2.47. The van der Waals surface area contributed by atoms with Crippen LogP contribution in [0.1, 0.15) is 52.5 Å². The molecule has 4 nitrogen and oxygen atoms in total. The highest BCUT2D eigenvalue weighted by Gasteiger charge is 2.26. The maximum Gasteiger partial charge on any atom is 0.263 e. The third-order valence-electron chi connectivity index (χ3n) is 5.03. The molecule has 2 rings (SSSR count). The number of carbonyl (C=O) groups excluding carboxylic acids is 1. The molecule has 0 radical (unpaired) electrons. The van der Waals surface area contributed by atoms with E-state index in [0.29, 0.717) is 0 Å². The average molecular weight is 318 g/mol. The molecule has 2 N–H and O–H groups in total. The van der Waals surface area contributed by atoms with Crippen LogP contribution in [0.25, 0.3) is 0 Å². The second kappa shape index (κ2) is 7.35. The van der Waals surface area contributed by atoms with Gasteiger partial charge in [-0.2, -0.15) is 0 Å². The van der Waals surface area contributed by atoms with Crippen molar-refractivity contribution >= 4 is 5.91 Å². The highest BCUT2D eigenvalue weighted by Crippen LogP contribution is 2.28. The molecule has 128 valence electrons. The molecule has 1 aliphatic rings. The maximum absolute atomic E-state index is 12.4. The lowest BCUT2D eigenvalue weighted by molar-refractivity contribution is -0.139. The van der Waals surface area contributed by atoms with Gasteiger partial charge in [0.25, 0.3) is 5.91 Å². The molecular weight excluding hydrogens is 288 g/mol. The summed E-state index contributed by atoms with van der Waals surface area (Å²) >= 11 is 0. The van der Waals surface area contributed by atoms with Crippen molar-refractivity contribution in [3.8, 4) is 5.75 Å². The third-order valence-corrected chi connectivity index (χ3v) is 5.03. The van der Waals surface area contributed by atoms with Crippen LogP contribution in [0.4, 0.5) is 0 Å². The summed E-state index contributed by atoms with van der Waals surface area (Å²) < 4.78 is 5.84. The topological polar surface area (TPSA) is 55.6 Å². The number of piperidine rings is 1. The monoisotopic (exact) mass is 318 g/mol. The second-order valence-electron chi connectivity index (χ2n) is 7.18. The summed E-state index contributed by atoms with van der Waals surface area (Å²) in [5, 5.41) is 0. The molecular formula is C19H30N2O2. The molecule has 0 saturated carbocycles. The van der Waals surface area contributed by atoms with Crippen LogP contribution >= 0.6 is 0 Å². The zero-order valence-corrected chi connectivity index (χ0v) is 14.8. The fourth-order valence-corrected chi connectivity index (χ4v) is 2.82. The van der Waals surface area contributed by atoms with Crippen LogP contribution in [-0.2, 0) is 10.2 Å². The van der Waals surface area contributed by atoms with Gasteiger partial charge in [0.05, 0.1) is 0 Å². The first-order chi connectivity index (χ1) is 10.8. The predicted molar refractivity (Wildman–Crippen MR) is 93.6 cm³/mol. The molecule has 1 fully saturated rings. The van der Waals surface area contributed by atoms with Crippen molar-refractivity contribution in [3.05, 3.63) is 29.8 Å². The summed E-state index contributed by atoms with van der Waals surface area (Å²) in [6, 6.07) is 8.33. The van der Waals surface area contributed by atoms with E-state index >= 15 is 0 Å². The molecule has 0 aliphatic carbocycles. The molecule has 1 aromatic rings. The van der Waals surface area contributed by atoms with Crippen LogP contribution in [0.5, 0.6) is 5.75 Å². The minimum Gasteiger partial charge on any atom is -0.481 e. The number of benzene rings is 1. The Morgan fingerprint density at radius 1 is 1.30 bits per heavy atom. The van der Waals surface area contributed by atoms with Crippen LogP contribution in [0, 0.1) is 0 Å². The van der Waals surface area contributed by atoms with Gasteiger partial charge < -0.3 is 15.4 Å². The van der Waals surface area contributed by atoms with E-state index in [4.69, 9.17) is 10.5 Å². The summed E-state index contributed by atoms with van der Waals surface area (Å²) in [5.41, 5.74) is 7.34. The summed E-state index contributed by atoms with van der Waals surface area (Å²) in [5.74, 6) is 0.796. The van der Waals surface area contributed by atoms with Crippen molar-refractivity contribution in [1.29, 1.82) is 0 Å². The van der Waals surface area contributed by atoms with E-state index < -0.39 is 6.10 Å². The Labute approximate surface area is 140 Å². The number of hydrogen-bond acceptors (Lipinski definition) is 3. The van der Waals surface area contributed by atoms with Gasteiger partial charge in [-0.3, -0.25) is 4.79 Å². The largest absolute Gasteiger partial charge is 0.481 e. The molecule has 1 unspecified atom stereocenters. The lowest BCUT2D eigenvalue weighted by Gasteiger charge is -2.32. The van der Waals surface area contributed by atoms with Crippen molar-refractivity contribution in [3.63, 3.8) is 0 Å². The standard InChI is InChI=1S/C19H30N2O2/c1-5-19(3,4)15-6-8-17(9-7-15)23-14(2)18(22)21-12-10-16(20)11-13-21/h6-9,14,16H,5,10-13,20H2,1-4H3. The summed E-state index contributed by atoms with van der Waals surface area (Å²) in [6.45, 7) is 9.94. The maximum atomic E-state index is 12.4. The van der Waals surface area contributed by atoms with Crippen molar-refractivity contribution < 1.29 is 9.53 Å². The van der Waals surface area contributed by atoms with E-state index in [1.807, 2.05) is 24.0 Å². The fraction of sp³-hybridized carbons (Fsp3) is 0.632. The van der Waals surface area contributed by atoms with Gasteiger partial charge in [-0.25, -0.2) is 0 Å². The minimum absolute atomic E-state index is 0.0508. The molecule has 1 atom stereocenters. The van der Waals surface area contributed by atoms with Crippen molar-refractivity contribution in [2.45, 2.75) is 64.5 Å². The SMILES string of the molecule is CCC(C)(C)c1ccc(OC(C)C(=O)N2CCC(N)CC2)cc1. The number of ether oxygens (including phenoxy) is 1. The molecule has 23 heavy (non-hydrogen) atoms. The Morgan fingerprint density at radius 3 is 2.39 bits per heavy atom. The number of hydrogen-bond donors (Lipinski definition) is 1. The molecule has 0 aromatic heterocycles. The van der Waals surface area contributed by atoms with Crippen LogP contribution < -0.4 is 10.5 Å². The fourth-order valence-electron chi connectivity index (χ4n) is 2.82. The van der Waals surface area contributed by atoms with Crippen molar-refractivity contribution in [1.82, 2.24) is 4.90 Å². The Balaban J connectivity index is 1.94. The smallest absolute Gasteiger partial charge is 0.263 e. The molecule has 1 amide bonds. The molecule has 1 aliphatic heterocycles. The number of likely N-dealkylation sites (tertiary alicyclic amines) is 1. The first kappa shape index (κ1) is 17.8. The highest BCUT2D eigenvalue weighted by molar-refractivity contribution is 5.81. The molecule has 4 heteroatoms. The Bertz CT molecular complexity index is 517. The first-order valence-electron chi connectivity index (χ1n) is 8.65. The van der Waals surface area contributed by atoms with Crippen LogP contribution in [0.15, 0.2) is 24.3 Å². The molecule has 1 heterocycles. The number of rotatable bonds is 5. The van der Waals surface area contributed by atoms with E-state index in [1.165, 1.54) is 5.56 Å². The predicted octanol–water partition coefficient (Wildman–Crippen LogP) is 3.09. The van der Waals surface area contributed by atoms with Crippen molar-refractivity contribution in [2.75, 3.05) is 13.1 Å². The summed E-state index contributed by atoms with van der Waals surface area (Å²) in [6.07, 6.45) is 2.37. The summed E-state index contributed by atoms with van der Waals surface area (Å²) in [7, 11) is 0. The third kappa shape index (κ3) is 4.47. The first-order valence-corrected chi connectivity index (χ1v) is 8.65. The van der Waals surface area contributed by atoms with Gasteiger partial charge in [0.2, 0.25) is 0 Å². The van der Waals surface area contributed by atoms with Crippen LogP contribution in [0.3, 0.4) is 0 Å². The summed E-state index contributed by atoms with van der Waals surface area (Å²) in [4.78, 5) is 14.3. The highest BCUT2D eigenvalue weighted by atomic mass is 16.5. The van der Waals surface area contributed by atoms with Crippen LogP contribution in [0.2, 0.25) is 0 Å². The van der Waals surface area contributed by atoms with Gasteiger partial charge in [0.15, 0.2) is 6.10 Å². The second-order valence-corrected chi connectivity index (χ2v) is 7.18. The van der Waals surface area contributed by atoms with E-state index in [-0.39, 0.29) is 17.4 Å². The minimum atomic E-state index is -0.464. The van der Waals surface area contributed by atoms with Crippen LogP contribution in [-0.4, -0.2) is 36.0 Å². The van der Waals surface area contributed by atoms with E-state index in [2.05, 4.69) is 32.9 Å². The quantitative estimate of drug-likeness (QED) is 0.907. The normalized spacial score (nSPS) is 17.9. The number of nitrogens with zero attached hydrogens (tertiary/aromatic N) is 1. The van der Waals surface area contributed by atoms with E-state index in [9.17, 15) is 4.79 Å². The lowest BCUT2D eigenvalue weighted by atomic mass is 9.82. The van der Waals surface area contributed by atoms with Gasteiger partial charge in [0, 0.05) is 19.1 Å². The Hall–Kier alpha value is -1.55. The molecule has 1 saturated heterocycles. The van der Waals surface area contributed by atoms with Gasteiger partial charge in [0.1, 0.15) is 5.75 Å². The number of nitrogens with two attached hydrogens (primary N) is 1.